The first-order chi connectivity index (χ1) is 14.8. The lowest BCUT2D eigenvalue weighted by Crippen LogP contribution is -2.22. The molecule has 0 atom stereocenters. The molecule has 2 N–H and O–H groups in total. The number of furan rings is 1. The van der Waals surface area contributed by atoms with E-state index in [1.807, 2.05) is 0 Å². The summed E-state index contributed by atoms with van der Waals surface area (Å²) in [5, 5.41) is 27.0. The number of para-hydroxylation sites is 2. The number of nitro benzene ring substituents is 2. The van der Waals surface area contributed by atoms with E-state index in [0.717, 1.165) is 18.2 Å². The highest BCUT2D eigenvalue weighted by atomic mass is 16.6. The molecule has 0 aliphatic carbocycles. The third-order valence-electron chi connectivity index (χ3n) is 3.90. The Hall–Kier alpha value is -4.74. The van der Waals surface area contributed by atoms with E-state index in [1.54, 1.807) is 24.3 Å². The largest absolute Gasteiger partial charge is 0.477 e. The van der Waals surface area contributed by atoms with Crippen LogP contribution in [0.15, 0.2) is 65.3 Å². The molecule has 12 nitrogen and oxygen atoms in total. The number of ether oxygens (including phenoxy) is 1. The summed E-state index contributed by atoms with van der Waals surface area (Å²) in [6, 6.07) is 12.2. The van der Waals surface area contributed by atoms with Crippen LogP contribution in [0, 0.1) is 20.2 Å². The van der Waals surface area contributed by atoms with Gasteiger partial charge in [0.1, 0.15) is 0 Å². The van der Waals surface area contributed by atoms with E-state index in [0.29, 0.717) is 5.69 Å². The van der Waals surface area contributed by atoms with E-state index < -0.39 is 39.6 Å². The number of hydrogen-bond donors (Lipinski definition) is 2. The Morgan fingerprint density at radius 1 is 0.935 bits per heavy atom. The van der Waals surface area contributed by atoms with E-state index in [9.17, 15) is 29.8 Å². The molecular formula is C19H14N4O8. The molecule has 12 heteroatoms. The van der Waals surface area contributed by atoms with Gasteiger partial charge in [0.05, 0.1) is 33.6 Å². The summed E-state index contributed by atoms with van der Waals surface area (Å²) in [5.74, 6) is -1.42. The van der Waals surface area contributed by atoms with E-state index in [-0.39, 0.29) is 17.2 Å². The number of non-ortho nitro benzene ring substituents is 1. The van der Waals surface area contributed by atoms with Crippen molar-refractivity contribution in [3.05, 3.63) is 86.8 Å². The van der Waals surface area contributed by atoms with Gasteiger partial charge in [-0.15, -0.1) is 0 Å². The molecule has 2 aromatic carbocycles. The van der Waals surface area contributed by atoms with Crippen LogP contribution >= 0.6 is 0 Å². The van der Waals surface area contributed by atoms with Crippen molar-refractivity contribution in [3.8, 4) is 5.75 Å². The van der Waals surface area contributed by atoms with E-state index in [1.165, 1.54) is 18.4 Å². The van der Waals surface area contributed by atoms with Gasteiger partial charge < -0.3 is 19.8 Å². The van der Waals surface area contributed by atoms with Gasteiger partial charge in [0.15, 0.2) is 18.1 Å². The summed E-state index contributed by atoms with van der Waals surface area (Å²) < 4.78 is 10.2. The molecule has 0 unspecified atom stereocenters. The number of hydrogen-bond acceptors (Lipinski definition) is 8. The van der Waals surface area contributed by atoms with Crippen LogP contribution in [0.4, 0.5) is 22.7 Å². The van der Waals surface area contributed by atoms with Crippen molar-refractivity contribution in [3.63, 3.8) is 0 Å². The van der Waals surface area contributed by atoms with Crippen LogP contribution in [-0.4, -0.2) is 28.3 Å². The average molecular weight is 426 g/mol. The van der Waals surface area contributed by atoms with Gasteiger partial charge in [-0.3, -0.25) is 29.8 Å². The first kappa shape index (κ1) is 21.0. The molecule has 0 saturated heterocycles. The summed E-state index contributed by atoms with van der Waals surface area (Å²) in [5.41, 5.74) is -0.578. The molecule has 0 aliphatic rings. The monoisotopic (exact) mass is 426 g/mol. The molecular weight excluding hydrogens is 412 g/mol. The Labute approximate surface area is 173 Å². The lowest BCUT2D eigenvalue weighted by molar-refractivity contribution is -0.394. The third kappa shape index (κ3) is 5.20. The molecule has 1 aromatic heterocycles. The maximum atomic E-state index is 12.3. The second kappa shape index (κ2) is 9.17. The normalized spacial score (nSPS) is 10.2. The molecule has 0 fully saturated rings. The molecule has 0 bridgehead atoms. The fourth-order valence-corrected chi connectivity index (χ4v) is 2.51. The van der Waals surface area contributed by atoms with Crippen molar-refractivity contribution in [1.29, 1.82) is 0 Å². The molecule has 3 aromatic rings. The van der Waals surface area contributed by atoms with Gasteiger partial charge in [0.25, 0.3) is 17.5 Å². The fourth-order valence-electron chi connectivity index (χ4n) is 2.51. The number of anilines is 2. The van der Waals surface area contributed by atoms with Crippen LogP contribution in [0.5, 0.6) is 5.75 Å². The summed E-state index contributed by atoms with van der Waals surface area (Å²) in [6.07, 6.45) is 1.34. The second-order valence-corrected chi connectivity index (χ2v) is 5.98. The van der Waals surface area contributed by atoms with E-state index in [2.05, 4.69) is 10.6 Å². The van der Waals surface area contributed by atoms with Crippen molar-refractivity contribution in [1.82, 2.24) is 0 Å². The highest BCUT2D eigenvalue weighted by Crippen LogP contribution is 2.31. The Morgan fingerprint density at radius 2 is 1.65 bits per heavy atom. The van der Waals surface area contributed by atoms with Crippen molar-refractivity contribution >= 4 is 34.6 Å². The molecule has 0 radical (unpaired) electrons. The number of carbonyl (C=O) groups excluding carboxylic acids is 2. The Morgan fingerprint density at radius 3 is 2.26 bits per heavy atom. The zero-order valence-electron chi connectivity index (χ0n) is 15.6. The summed E-state index contributed by atoms with van der Waals surface area (Å²) in [7, 11) is 0. The maximum absolute atomic E-state index is 12.3. The van der Waals surface area contributed by atoms with Crippen molar-refractivity contribution in [2.45, 2.75) is 0 Å². The quantitative estimate of drug-likeness (QED) is 0.408. The van der Waals surface area contributed by atoms with Crippen LogP contribution in [-0.2, 0) is 4.79 Å². The van der Waals surface area contributed by atoms with Gasteiger partial charge in [-0.25, -0.2) is 0 Å². The minimum absolute atomic E-state index is 0.0787. The smallest absolute Gasteiger partial charge is 0.317 e. The van der Waals surface area contributed by atoms with Gasteiger partial charge in [0, 0.05) is 6.07 Å². The SMILES string of the molecule is O=C(COc1ccc([N+](=O)[O-])cc1[N+](=O)[O-])Nc1ccccc1NC(=O)c1ccco1. The standard InChI is InChI=1S/C19H14N4O8/c24-18(11-31-16-8-7-12(22(26)27)10-15(16)23(28)29)20-13-4-1-2-5-14(13)21-19(25)17-6-3-9-30-17/h1-10H,11H2,(H,20,24)(H,21,25). The van der Waals surface area contributed by atoms with E-state index in [4.69, 9.17) is 9.15 Å². The molecule has 2 amide bonds. The minimum atomic E-state index is -0.848. The average Bonchev–Trinajstić information content (AvgIpc) is 3.28. The lowest BCUT2D eigenvalue weighted by Gasteiger charge is -2.12. The molecule has 0 saturated carbocycles. The number of carbonyl (C=O) groups is 2. The summed E-state index contributed by atoms with van der Waals surface area (Å²) in [4.78, 5) is 44.7. The van der Waals surface area contributed by atoms with Crippen molar-refractivity contribution in [2.75, 3.05) is 17.2 Å². The van der Waals surface area contributed by atoms with Gasteiger partial charge >= 0.3 is 5.69 Å². The summed E-state index contributed by atoms with van der Waals surface area (Å²) in [6.45, 7) is -0.612. The van der Waals surface area contributed by atoms with Crippen molar-refractivity contribution in [2.24, 2.45) is 0 Å². The first-order valence-electron chi connectivity index (χ1n) is 8.64. The molecule has 0 aliphatic heterocycles. The van der Waals surface area contributed by atoms with Gasteiger partial charge in [-0.05, 0) is 30.3 Å². The van der Waals surface area contributed by atoms with Gasteiger partial charge in [0.2, 0.25) is 0 Å². The zero-order chi connectivity index (χ0) is 22.4. The van der Waals surface area contributed by atoms with Crippen LogP contribution in [0.2, 0.25) is 0 Å². The Bertz CT molecular complexity index is 1140. The summed E-state index contributed by atoms with van der Waals surface area (Å²) >= 11 is 0. The number of nitrogens with zero attached hydrogens (tertiary/aromatic N) is 2. The Kier molecular flexibility index (Phi) is 6.21. The number of amides is 2. The molecule has 1 heterocycles. The van der Waals surface area contributed by atoms with Crippen LogP contribution < -0.4 is 15.4 Å². The predicted molar refractivity (Wildman–Crippen MR) is 107 cm³/mol. The minimum Gasteiger partial charge on any atom is -0.477 e. The fraction of sp³-hybridized carbons (Fsp3) is 0.0526. The van der Waals surface area contributed by atoms with Crippen molar-refractivity contribution < 1.29 is 28.6 Å². The Balaban J connectivity index is 1.68. The predicted octanol–water partition coefficient (Wildman–Crippen LogP) is 3.37. The number of nitrogens with one attached hydrogen (secondary N) is 2. The first-order valence-corrected chi connectivity index (χ1v) is 8.64. The maximum Gasteiger partial charge on any atom is 0.317 e. The molecule has 158 valence electrons. The zero-order valence-corrected chi connectivity index (χ0v) is 15.6. The van der Waals surface area contributed by atoms with E-state index >= 15 is 0 Å². The highest BCUT2D eigenvalue weighted by Gasteiger charge is 2.21. The molecule has 31 heavy (non-hydrogen) atoms. The van der Waals surface area contributed by atoms with Crippen LogP contribution in [0.3, 0.4) is 0 Å². The number of rotatable bonds is 8. The second-order valence-electron chi connectivity index (χ2n) is 5.98. The van der Waals surface area contributed by atoms with Crippen LogP contribution in [0.1, 0.15) is 10.6 Å². The number of benzene rings is 2. The molecule has 3 rings (SSSR count). The third-order valence-corrected chi connectivity index (χ3v) is 3.90. The highest BCUT2D eigenvalue weighted by molar-refractivity contribution is 6.05. The lowest BCUT2D eigenvalue weighted by atomic mass is 10.2. The van der Waals surface area contributed by atoms with Gasteiger partial charge in [-0.2, -0.15) is 0 Å². The molecule has 0 spiro atoms. The topological polar surface area (TPSA) is 167 Å². The van der Waals surface area contributed by atoms with Gasteiger partial charge in [-0.1, -0.05) is 12.1 Å². The number of nitro groups is 2. The van der Waals surface area contributed by atoms with Crippen LogP contribution in [0.25, 0.3) is 0 Å².